The van der Waals surface area contributed by atoms with Crippen LogP contribution in [0.15, 0.2) is 12.4 Å². The molecule has 114 valence electrons. The zero-order valence-electron chi connectivity index (χ0n) is 12.5. The molecule has 1 fully saturated rings. The van der Waals surface area contributed by atoms with E-state index in [1.807, 2.05) is 17.1 Å². The van der Waals surface area contributed by atoms with E-state index < -0.39 is 9.84 Å². The summed E-state index contributed by atoms with van der Waals surface area (Å²) in [7, 11) is -2.85. The average Bonchev–Trinajstić information content (AvgIpc) is 2.97. The minimum Gasteiger partial charge on any atom is -0.310 e. The second-order valence-corrected chi connectivity index (χ2v) is 8.17. The molecule has 2 atom stereocenters. The predicted octanol–water partition coefficient (Wildman–Crippen LogP) is 1.94. The molecule has 5 nitrogen and oxygen atoms in total. The van der Waals surface area contributed by atoms with Crippen LogP contribution < -0.4 is 5.32 Å². The SMILES string of the molecule is CCCNC(c1cnn(C(C)C)c1)C1CCS(=O)(=O)C1. The molecule has 6 heteroatoms. The van der Waals surface area contributed by atoms with Crippen molar-refractivity contribution < 1.29 is 8.42 Å². The fraction of sp³-hybridized carbons (Fsp3) is 0.786. The molecule has 1 saturated heterocycles. The third kappa shape index (κ3) is 3.61. The second kappa shape index (κ2) is 6.26. The summed E-state index contributed by atoms with van der Waals surface area (Å²) in [6.07, 6.45) is 5.70. The van der Waals surface area contributed by atoms with Crippen molar-refractivity contribution in [3.8, 4) is 0 Å². The standard InChI is InChI=1S/C14H25N3O2S/c1-4-6-15-14(12-5-7-20(18,19)10-12)13-8-16-17(9-13)11(2)3/h8-9,11-12,14-15H,4-7,10H2,1-3H3. The van der Waals surface area contributed by atoms with Crippen molar-refractivity contribution in [3.63, 3.8) is 0 Å². The van der Waals surface area contributed by atoms with E-state index in [2.05, 4.69) is 31.2 Å². The minimum absolute atomic E-state index is 0.0970. The molecular weight excluding hydrogens is 274 g/mol. The van der Waals surface area contributed by atoms with E-state index in [-0.39, 0.29) is 12.0 Å². The van der Waals surface area contributed by atoms with Crippen LogP contribution in [0.1, 0.15) is 51.3 Å². The maximum absolute atomic E-state index is 11.7. The zero-order chi connectivity index (χ0) is 14.8. The maximum Gasteiger partial charge on any atom is 0.150 e. The summed E-state index contributed by atoms with van der Waals surface area (Å²) >= 11 is 0. The van der Waals surface area contributed by atoms with Crippen LogP contribution in [0.3, 0.4) is 0 Å². The first kappa shape index (κ1) is 15.5. The Labute approximate surface area is 121 Å². The molecule has 1 aromatic heterocycles. The smallest absolute Gasteiger partial charge is 0.150 e. The van der Waals surface area contributed by atoms with Crippen LogP contribution in [0, 0.1) is 5.92 Å². The summed E-state index contributed by atoms with van der Waals surface area (Å²) in [5, 5.41) is 7.88. The van der Waals surface area contributed by atoms with Gasteiger partial charge in [-0.1, -0.05) is 6.92 Å². The van der Waals surface area contributed by atoms with Gasteiger partial charge < -0.3 is 5.32 Å². The third-order valence-electron chi connectivity index (χ3n) is 3.86. The first-order valence-corrected chi connectivity index (χ1v) is 9.23. The highest BCUT2D eigenvalue weighted by atomic mass is 32.2. The van der Waals surface area contributed by atoms with Gasteiger partial charge in [-0.2, -0.15) is 5.10 Å². The molecular formula is C14H25N3O2S. The Balaban J connectivity index is 2.18. The highest BCUT2D eigenvalue weighted by molar-refractivity contribution is 7.91. The van der Waals surface area contributed by atoms with Crippen molar-refractivity contribution in [3.05, 3.63) is 18.0 Å². The summed E-state index contributed by atoms with van der Waals surface area (Å²) in [6, 6.07) is 0.419. The number of hydrogen-bond acceptors (Lipinski definition) is 4. The van der Waals surface area contributed by atoms with E-state index in [4.69, 9.17) is 0 Å². The molecule has 1 N–H and O–H groups in total. The minimum atomic E-state index is -2.85. The molecule has 0 bridgehead atoms. The van der Waals surface area contributed by atoms with E-state index in [1.165, 1.54) is 0 Å². The molecule has 0 radical (unpaired) electrons. The molecule has 0 aliphatic carbocycles. The third-order valence-corrected chi connectivity index (χ3v) is 5.66. The normalized spacial score (nSPS) is 23.3. The van der Waals surface area contributed by atoms with Crippen molar-refractivity contribution in [1.29, 1.82) is 0 Å². The van der Waals surface area contributed by atoms with Crippen molar-refractivity contribution >= 4 is 9.84 Å². The Morgan fingerprint density at radius 2 is 2.25 bits per heavy atom. The number of sulfone groups is 1. The number of hydrogen-bond donors (Lipinski definition) is 1. The van der Waals surface area contributed by atoms with Gasteiger partial charge in [0, 0.05) is 23.8 Å². The molecule has 2 heterocycles. The Bertz CT molecular complexity index is 536. The molecule has 20 heavy (non-hydrogen) atoms. The summed E-state index contributed by atoms with van der Waals surface area (Å²) < 4.78 is 25.4. The Morgan fingerprint density at radius 1 is 1.50 bits per heavy atom. The summed E-state index contributed by atoms with van der Waals surface area (Å²) in [6.45, 7) is 7.19. The van der Waals surface area contributed by atoms with E-state index in [0.29, 0.717) is 17.5 Å². The number of aromatic nitrogens is 2. The first-order chi connectivity index (χ1) is 9.43. The Morgan fingerprint density at radius 3 is 2.75 bits per heavy atom. The van der Waals surface area contributed by atoms with Crippen LogP contribution in [0.25, 0.3) is 0 Å². The topological polar surface area (TPSA) is 64.0 Å². The monoisotopic (exact) mass is 299 g/mol. The quantitative estimate of drug-likeness (QED) is 0.872. The van der Waals surface area contributed by atoms with Gasteiger partial charge in [0.15, 0.2) is 9.84 Å². The molecule has 0 aromatic carbocycles. The fourth-order valence-corrected chi connectivity index (χ4v) is 4.58. The van der Waals surface area contributed by atoms with Gasteiger partial charge in [-0.05, 0) is 39.2 Å². The first-order valence-electron chi connectivity index (χ1n) is 7.41. The van der Waals surface area contributed by atoms with E-state index in [0.717, 1.165) is 24.9 Å². The van der Waals surface area contributed by atoms with Crippen molar-refractivity contribution in [2.45, 2.75) is 45.7 Å². The van der Waals surface area contributed by atoms with Crippen LogP contribution in [-0.2, 0) is 9.84 Å². The largest absolute Gasteiger partial charge is 0.310 e. The molecule has 0 spiro atoms. The van der Waals surface area contributed by atoms with Gasteiger partial charge in [0.2, 0.25) is 0 Å². The number of rotatable bonds is 6. The number of nitrogens with zero attached hydrogens (tertiary/aromatic N) is 2. The van der Waals surface area contributed by atoms with Crippen LogP contribution in [0.5, 0.6) is 0 Å². The van der Waals surface area contributed by atoms with Crippen LogP contribution >= 0.6 is 0 Å². The van der Waals surface area contributed by atoms with Gasteiger partial charge in [0.1, 0.15) is 0 Å². The molecule has 1 aromatic rings. The van der Waals surface area contributed by atoms with Crippen molar-refractivity contribution in [2.24, 2.45) is 5.92 Å². The lowest BCUT2D eigenvalue weighted by molar-refractivity contribution is 0.392. The van der Waals surface area contributed by atoms with Crippen molar-refractivity contribution in [2.75, 3.05) is 18.1 Å². The fourth-order valence-electron chi connectivity index (χ4n) is 2.74. The summed E-state index contributed by atoms with van der Waals surface area (Å²) in [5.74, 6) is 0.776. The lowest BCUT2D eigenvalue weighted by atomic mass is 9.94. The highest BCUT2D eigenvalue weighted by Crippen LogP contribution is 2.31. The molecule has 0 amide bonds. The number of nitrogens with one attached hydrogen (secondary N) is 1. The molecule has 2 unspecified atom stereocenters. The van der Waals surface area contributed by atoms with Gasteiger partial charge in [-0.3, -0.25) is 4.68 Å². The van der Waals surface area contributed by atoms with Gasteiger partial charge in [-0.25, -0.2) is 8.42 Å². The van der Waals surface area contributed by atoms with Crippen molar-refractivity contribution in [1.82, 2.24) is 15.1 Å². The lowest BCUT2D eigenvalue weighted by Gasteiger charge is -2.22. The average molecular weight is 299 g/mol. The van der Waals surface area contributed by atoms with Crippen LogP contribution in [-0.4, -0.2) is 36.2 Å². The van der Waals surface area contributed by atoms with E-state index in [1.54, 1.807) is 0 Å². The predicted molar refractivity (Wildman–Crippen MR) is 80.4 cm³/mol. The van der Waals surface area contributed by atoms with Crippen LogP contribution in [0.4, 0.5) is 0 Å². The van der Waals surface area contributed by atoms with E-state index >= 15 is 0 Å². The van der Waals surface area contributed by atoms with Gasteiger partial charge in [-0.15, -0.1) is 0 Å². The Kier molecular flexibility index (Phi) is 4.86. The van der Waals surface area contributed by atoms with Gasteiger partial charge in [0.05, 0.1) is 17.7 Å². The maximum atomic E-state index is 11.7. The molecule has 2 rings (SSSR count). The lowest BCUT2D eigenvalue weighted by Crippen LogP contribution is -2.29. The molecule has 1 aliphatic rings. The highest BCUT2D eigenvalue weighted by Gasteiger charge is 2.34. The van der Waals surface area contributed by atoms with Gasteiger partial charge >= 0.3 is 0 Å². The summed E-state index contributed by atoms with van der Waals surface area (Å²) in [5.41, 5.74) is 1.11. The zero-order valence-corrected chi connectivity index (χ0v) is 13.4. The second-order valence-electron chi connectivity index (χ2n) is 5.94. The Hall–Kier alpha value is -0.880. The van der Waals surface area contributed by atoms with E-state index in [9.17, 15) is 8.42 Å². The summed E-state index contributed by atoms with van der Waals surface area (Å²) in [4.78, 5) is 0. The van der Waals surface area contributed by atoms with Gasteiger partial charge in [0.25, 0.3) is 0 Å². The van der Waals surface area contributed by atoms with Crippen LogP contribution in [0.2, 0.25) is 0 Å². The molecule has 0 saturated carbocycles. The molecule has 1 aliphatic heterocycles.